The lowest BCUT2D eigenvalue weighted by molar-refractivity contribution is 0.0554. The molecule has 1 amide bonds. The van der Waals surface area contributed by atoms with Gasteiger partial charge in [-0.15, -0.1) is 0 Å². The van der Waals surface area contributed by atoms with Gasteiger partial charge in [-0.1, -0.05) is 12.1 Å². The summed E-state index contributed by atoms with van der Waals surface area (Å²) in [6, 6.07) is 10.3. The second kappa shape index (κ2) is 10.4. The van der Waals surface area contributed by atoms with E-state index in [-0.39, 0.29) is 30.0 Å². The van der Waals surface area contributed by atoms with Crippen molar-refractivity contribution >= 4 is 5.91 Å². The van der Waals surface area contributed by atoms with Crippen molar-refractivity contribution in [3.05, 3.63) is 95.0 Å². The Labute approximate surface area is 195 Å². The quantitative estimate of drug-likeness (QED) is 0.429. The molecule has 0 spiro atoms. The third kappa shape index (κ3) is 5.50. The van der Waals surface area contributed by atoms with Gasteiger partial charge in [-0.3, -0.25) is 9.69 Å². The standard InChI is InChI=1S/C26H26F4N2O2/c1-31(26(33)25-3-2-12-34-25)24(14-19-5-6-20(27)15-22(19)29)18-8-10-32(11-9-18)16-17-4-7-21(28)23(30)13-17/h2-7,12-13,15,18,24H,8-11,14,16H2,1H3/t24-/m1/s1. The Hall–Kier alpha value is -3.13. The molecule has 34 heavy (non-hydrogen) atoms. The van der Waals surface area contributed by atoms with Gasteiger partial charge in [-0.25, -0.2) is 17.6 Å². The second-order valence-electron chi connectivity index (χ2n) is 8.76. The number of carbonyl (C=O) groups is 1. The monoisotopic (exact) mass is 474 g/mol. The van der Waals surface area contributed by atoms with E-state index < -0.39 is 23.3 Å². The lowest BCUT2D eigenvalue weighted by atomic mass is 9.84. The third-order valence-corrected chi connectivity index (χ3v) is 6.56. The number of furan rings is 1. The average Bonchev–Trinajstić information content (AvgIpc) is 3.36. The van der Waals surface area contributed by atoms with Crippen LogP contribution in [-0.2, 0) is 13.0 Å². The summed E-state index contributed by atoms with van der Waals surface area (Å²) in [4.78, 5) is 16.7. The molecular weight excluding hydrogens is 448 g/mol. The number of hydrogen-bond donors (Lipinski definition) is 0. The van der Waals surface area contributed by atoms with Gasteiger partial charge in [0.1, 0.15) is 11.6 Å². The van der Waals surface area contributed by atoms with Gasteiger partial charge >= 0.3 is 0 Å². The molecule has 0 N–H and O–H groups in total. The van der Waals surface area contributed by atoms with E-state index in [1.54, 1.807) is 30.1 Å². The van der Waals surface area contributed by atoms with Crippen LogP contribution in [-0.4, -0.2) is 41.9 Å². The van der Waals surface area contributed by atoms with Gasteiger partial charge < -0.3 is 9.32 Å². The van der Waals surface area contributed by atoms with Crippen molar-refractivity contribution in [2.45, 2.75) is 31.8 Å². The van der Waals surface area contributed by atoms with Crippen LogP contribution in [0.5, 0.6) is 0 Å². The number of likely N-dealkylation sites (tertiary alicyclic amines) is 1. The summed E-state index contributed by atoms with van der Waals surface area (Å²) in [6.45, 7) is 1.87. The second-order valence-corrected chi connectivity index (χ2v) is 8.76. The largest absolute Gasteiger partial charge is 0.459 e. The van der Waals surface area contributed by atoms with Crippen molar-refractivity contribution in [1.29, 1.82) is 0 Å². The summed E-state index contributed by atoms with van der Waals surface area (Å²) >= 11 is 0. The van der Waals surface area contributed by atoms with Crippen molar-refractivity contribution in [3.63, 3.8) is 0 Å². The number of rotatable bonds is 7. The van der Waals surface area contributed by atoms with Crippen LogP contribution < -0.4 is 0 Å². The van der Waals surface area contributed by atoms with E-state index in [4.69, 9.17) is 4.42 Å². The molecule has 0 unspecified atom stereocenters. The van der Waals surface area contributed by atoms with Crippen LogP contribution in [0.15, 0.2) is 59.2 Å². The highest BCUT2D eigenvalue weighted by molar-refractivity contribution is 5.91. The highest BCUT2D eigenvalue weighted by Crippen LogP contribution is 2.29. The lowest BCUT2D eigenvalue weighted by Gasteiger charge is -2.40. The van der Waals surface area contributed by atoms with Crippen molar-refractivity contribution < 1.29 is 26.8 Å². The van der Waals surface area contributed by atoms with Crippen molar-refractivity contribution in [1.82, 2.24) is 9.80 Å². The van der Waals surface area contributed by atoms with E-state index in [1.807, 2.05) is 0 Å². The zero-order valence-electron chi connectivity index (χ0n) is 18.8. The molecule has 2 heterocycles. The Balaban J connectivity index is 1.48. The molecule has 3 aromatic rings. The molecule has 0 aliphatic carbocycles. The number of hydrogen-bond acceptors (Lipinski definition) is 3. The topological polar surface area (TPSA) is 36.7 Å². The molecule has 4 nitrogen and oxygen atoms in total. The molecule has 8 heteroatoms. The van der Waals surface area contributed by atoms with Gasteiger partial charge in [0.25, 0.3) is 5.91 Å². The zero-order valence-corrected chi connectivity index (χ0v) is 18.8. The molecule has 1 aliphatic rings. The molecule has 1 aliphatic heterocycles. The van der Waals surface area contributed by atoms with Crippen LogP contribution in [0.2, 0.25) is 0 Å². The average molecular weight is 474 g/mol. The predicted octanol–water partition coefficient (Wildman–Crippen LogP) is 5.43. The van der Waals surface area contributed by atoms with Crippen LogP contribution in [0.3, 0.4) is 0 Å². The minimum Gasteiger partial charge on any atom is -0.459 e. The van der Waals surface area contributed by atoms with E-state index in [0.29, 0.717) is 30.8 Å². The summed E-state index contributed by atoms with van der Waals surface area (Å²) in [5, 5.41) is 0. The maximum atomic E-state index is 14.5. The fraction of sp³-hybridized carbons (Fsp3) is 0.346. The van der Waals surface area contributed by atoms with Gasteiger partial charge in [-0.05, 0) is 79.7 Å². The molecule has 180 valence electrons. The van der Waals surface area contributed by atoms with Gasteiger partial charge in [-0.2, -0.15) is 0 Å². The number of carbonyl (C=O) groups excluding carboxylic acids is 1. The number of halogens is 4. The fourth-order valence-electron chi connectivity index (χ4n) is 4.65. The molecule has 2 aromatic carbocycles. The molecule has 0 bridgehead atoms. The number of amides is 1. The Morgan fingerprint density at radius 1 is 1.03 bits per heavy atom. The van der Waals surface area contributed by atoms with Crippen LogP contribution in [0.25, 0.3) is 0 Å². The maximum absolute atomic E-state index is 14.5. The fourth-order valence-corrected chi connectivity index (χ4v) is 4.65. The van der Waals surface area contributed by atoms with E-state index in [9.17, 15) is 22.4 Å². The highest BCUT2D eigenvalue weighted by Gasteiger charge is 2.33. The molecule has 1 saturated heterocycles. The number of benzene rings is 2. The highest BCUT2D eigenvalue weighted by atomic mass is 19.2. The van der Waals surface area contributed by atoms with Gasteiger partial charge in [0.15, 0.2) is 17.4 Å². The van der Waals surface area contributed by atoms with Crippen molar-refractivity contribution in [2.75, 3.05) is 20.1 Å². The van der Waals surface area contributed by atoms with Crippen molar-refractivity contribution in [3.8, 4) is 0 Å². The minimum atomic E-state index is -0.873. The van der Waals surface area contributed by atoms with Crippen molar-refractivity contribution in [2.24, 2.45) is 5.92 Å². The van der Waals surface area contributed by atoms with Crippen LogP contribution >= 0.6 is 0 Å². The lowest BCUT2D eigenvalue weighted by Crippen LogP contribution is -2.47. The van der Waals surface area contributed by atoms with Crippen LogP contribution in [0.4, 0.5) is 17.6 Å². The third-order valence-electron chi connectivity index (χ3n) is 6.56. The smallest absolute Gasteiger partial charge is 0.289 e. The Morgan fingerprint density at radius 3 is 2.44 bits per heavy atom. The molecular formula is C26H26F4N2O2. The molecule has 0 saturated carbocycles. The van der Waals surface area contributed by atoms with E-state index in [2.05, 4.69) is 4.90 Å². The Kier molecular flexibility index (Phi) is 7.36. The normalized spacial score (nSPS) is 15.9. The summed E-state index contributed by atoms with van der Waals surface area (Å²) in [5.74, 6) is -3.07. The molecule has 1 fully saturated rings. The zero-order chi connectivity index (χ0) is 24.2. The molecule has 4 rings (SSSR count). The molecule has 0 radical (unpaired) electrons. The van der Waals surface area contributed by atoms with Crippen LogP contribution in [0.1, 0.15) is 34.5 Å². The molecule has 1 aromatic heterocycles. The predicted molar refractivity (Wildman–Crippen MR) is 119 cm³/mol. The summed E-state index contributed by atoms with van der Waals surface area (Å²) in [5.41, 5.74) is 1.03. The summed E-state index contributed by atoms with van der Waals surface area (Å²) in [6.07, 6.45) is 3.12. The van der Waals surface area contributed by atoms with Crippen LogP contribution in [0, 0.1) is 29.2 Å². The minimum absolute atomic E-state index is 0.0644. The Morgan fingerprint density at radius 2 is 1.79 bits per heavy atom. The summed E-state index contributed by atoms with van der Waals surface area (Å²) < 4.78 is 59.9. The maximum Gasteiger partial charge on any atom is 0.289 e. The van der Waals surface area contributed by atoms with E-state index in [0.717, 1.165) is 25.0 Å². The SMILES string of the molecule is CN(C(=O)c1ccco1)[C@H](Cc1ccc(F)cc1F)C1CCN(Cc2ccc(F)c(F)c2)CC1. The van der Waals surface area contributed by atoms with Gasteiger partial charge in [0, 0.05) is 25.7 Å². The van der Waals surface area contributed by atoms with E-state index in [1.165, 1.54) is 24.5 Å². The van der Waals surface area contributed by atoms with Gasteiger partial charge in [0.2, 0.25) is 0 Å². The first kappa shape index (κ1) is 24.0. The first-order valence-corrected chi connectivity index (χ1v) is 11.2. The number of nitrogens with zero attached hydrogens (tertiary/aromatic N) is 2. The number of piperidine rings is 1. The first-order valence-electron chi connectivity index (χ1n) is 11.2. The van der Waals surface area contributed by atoms with E-state index >= 15 is 0 Å². The Bertz CT molecular complexity index is 1130. The first-order chi connectivity index (χ1) is 16.3. The number of likely N-dealkylation sites (N-methyl/N-ethyl adjacent to an activating group) is 1. The van der Waals surface area contributed by atoms with Gasteiger partial charge in [0.05, 0.1) is 6.26 Å². The molecule has 1 atom stereocenters. The summed E-state index contributed by atoms with van der Waals surface area (Å²) in [7, 11) is 1.67.